The van der Waals surface area contributed by atoms with Crippen LogP contribution in [0.3, 0.4) is 0 Å². The highest BCUT2D eigenvalue weighted by Crippen LogP contribution is 2.37. The van der Waals surface area contributed by atoms with E-state index in [0.29, 0.717) is 0 Å². The van der Waals surface area contributed by atoms with Crippen molar-refractivity contribution in [2.75, 3.05) is 19.4 Å². The molecule has 0 radical (unpaired) electrons. The Morgan fingerprint density at radius 2 is 1.89 bits per heavy atom. The predicted octanol–water partition coefficient (Wildman–Crippen LogP) is 7.11. The van der Waals surface area contributed by atoms with Crippen molar-refractivity contribution in [3.63, 3.8) is 0 Å². The molecule has 0 saturated heterocycles. The molecule has 1 aromatic heterocycles. The number of nitrogens with one attached hydrogen (secondary N) is 1. The van der Waals surface area contributed by atoms with Gasteiger partial charge in [-0.25, -0.2) is 0 Å². The highest BCUT2D eigenvalue weighted by molar-refractivity contribution is 8.01. The fourth-order valence-corrected chi connectivity index (χ4v) is 5.08. The van der Waals surface area contributed by atoms with Gasteiger partial charge in [0.05, 0.1) is 9.90 Å². The smallest absolute Gasteiger partial charge is 0.0646 e. The molecular formula is C22H24N2S3. The van der Waals surface area contributed by atoms with Crippen molar-refractivity contribution in [3.8, 4) is 0 Å². The van der Waals surface area contributed by atoms with Crippen LogP contribution in [0.5, 0.6) is 0 Å². The number of benzene rings is 2. The van der Waals surface area contributed by atoms with Gasteiger partial charge < -0.3 is 5.32 Å². The summed E-state index contributed by atoms with van der Waals surface area (Å²) in [7, 11) is 4.11. The van der Waals surface area contributed by atoms with Crippen molar-refractivity contribution in [1.82, 2.24) is 4.31 Å². The molecule has 5 heteroatoms. The van der Waals surface area contributed by atoms with Crippen LogP contribution >= 0.6 is 35.0 Å². The number of aryl methyl sites for hydroxylation is 1. The zero-order valence-corrected chi connectivity index (χ0v) is 18.3. The van der Waals surface area contributed by atoms with E-state index in [1.807, 2.05) is 0 Å². The van der Waals surface area contributed by atoms with E-state index < -0.39 is 0 Å². The molecule has 0 spiro atoms. The number of thiophene rings is 1. The summed E-state index contributed by atoms with van der Waals surface area (Å²) in [6.45, 7) is 6.43. The van der Waals surface area contributed by atoms with Crippen molar-refractivity contribution in [2.45, 2.75) is 27.3 Å². The average molecular weight is 413 g/mol. The molecule has 0 saturated carbocycles. The highest BCUT2D eigenvalue weighted by Gasteiger charge is 2.10. The van der Waals surface area contributed by atoms with E-state index in [1.165, 1.54) is 19.6 Å². The second-order valence-corrected chi connectivity index (χ2v) is 9.92. The highest BCUT2D eigenvalue weighted by atomic mass is 32.2. The number of rotatable bonds is 8. The molecule has 0 amide bonds. The second kappa shape index (κ2) is 9.51. The Bertz CT molecular complexity index is 884. The van der Waals surface area contributed by atoms with Gasteiger partial charge >= 0.3 is 0 Å². The molecule has 1 heterocycles. The minimum Gasteiger partial charge on any atom is -0.355 e. The van der Waals surface area contributed by atoms with Gasteiger partial charge in [-0.3, -0.25) is 4.31 Å². The molecule has 0 aliphatic rings. The molecule has 0 bridgehead atoms. The van der Waals surface area contributed by atoms with E-state index in [0.717, 1.165) is 23.4 Å². The van der Waals surface area contributed by atoms with Crippen molar-refractivity contribution in [3.05, 3.63) is 77.7 Å². The fraction of sp³-hybridized carbons (Fsp3) is 0.182. The zero-order chi connectivity index (χ0) is 19.2. The molecule has 0 atom stereocenters. The first kappa shape index (κ1) is 20.1. The topological polar surface area (TPSA) is 15.3 Å². The summed E-state index contributed by atoms with van der Waals surface area (Å²) in [5, 5.41) is 5.65. The number of anilines is 1. The van der Waals surface area contributed by atoms with Crippen LogP contribution in [0, 0.1) is 0 Å². The van der Waals surface area contributed by atoms with E-state index in [-0.39, 0.29) is 0 Å². The summed E-state index contributed by atoms with van der Waals surface area (Å²) in [4.78, 5) is 2.40. The van der Waals surface area contributed by atoms with Gasteiger partial charge in [0, 0.05) is 15.5 Å². The number of hydrogen-bond donors (Lipinski definition) is 1. The second-order valence-electron chi connectivity index (χ2n) is 6.25. The Kier molecular flexibility index (Phi) is 7.07. The molecule has 0 fully saturated rings. The third kappa shape index (κ3) is 5.66. The third-order valence-corrected chi connectivity index (χ3v) is 6.89. The Balaban J connectivity index is 1.84. The maximum Gasteiger partial charge on any atom is 0.0646 e. The molecule has 3 rings (SSSR count). The molecule has 3 aromatic rings. The molecule has 1 N–H and O–H groups in total. The predicted molar refractivity (Wildman–Crippen MR) is 123 cm³/mol. The van der Waals surface area contributed by atoms with Gasteiger partial charge in [0.1, 0.15) is 0 Å². The molecule has 0 aliphatic carbocycles. The summed E-state index contributed by atoms with van der Waals surface area (Å²) >= 11 is 5.26. The van der Waals surface area contributed by atoms with E-state index in [4.69, 9.17) is 0 Å². The molecule has 27 heavy (non-hydrogen) atoms. The van der Waals surface area contributed by atoms with Crippen LogP contribution in [0.15, 0.2) is 80.6 Å². The van der Waals surface area contributed by atoms with Crippen LogP contribution in [0.1, 0.15) is 18.1 Å². The average Bonchev–Trinajstić information content (AvgIpc) is 3.16. The van der Waals surface area contributed by atoms with Crippen LogP contribution in [0.25, 0.3) is 5.70 Å². The Labute approximate surface area is 174 Å². The first-order valence-corrected chi connectivity index (χ1v) is 11.3. The summed E-state index contributed by atoms with van der Waals surface area (Å²) in [5.41, 5.74) is 4.45. The van der Waals surface area contributed by atoms with Crippen LogP contribution in [-0.2, 0) is 6.42 Å². The Morgan fingerprint density at radius 3 is 2.52 bits per heavy atom. The SMILES string of the molecule is C=C(Nc1cc(Sc2cccs2)ccc1SN(C)C)c1ccc(CC)cc1. The molecule has 2 aromatic carbocycles. The number of hydrogen-bond acceptors (Lipinski definition) is 5. The van der Waals surface area contributed by atoms with Gasteiger partial charge in [0.15, 0.2) is 0 Å². The summed E-state index contributed by atoms with van der Waals surface area (Å²) in [5.74, 6) is 0. The fourth-order valence-electron chi connectivity index (χ4n) is 2.56. The molecule has 140 valence electrons. The van der Waals surface area contributed by atoms with Crippen LogP contribution in [0.2, 0.25) is 0 Å². The van der Waals surface area contributed by atoms with Crippen LogP contribution in [0.4, 0.5) is 5.69 Å². The molecule has 0 aliphatic heterocycles. The maximum atomic E-state index is 4.26. The van der Waals surface area contributed by atoms with E-state index in [2.05, 4.69) is 97.2 Å². The maximum absolute atomic E-state index is 4.26. The lowest BCUT2D eigenvalue weighted by Gasteiger charge is -2.17. The Hall–Kier alpha value is -1.66. The summed E-state index contributed by atoms with van der Waals surface area (Å²) in [6, 6.07) is 19.4. The minimum atomic E-state index is 0.913. The van der Waals surface area contributed by atoms with Gasteiger partial charge in [-0.2, -0.15) is 0 Å². The lowest BCUT2D eigenvalue weighted by molar-refractivity contribution is 0.703. The summed E-state index contributed by atoms with van der Waals surface area (Å²) < 4.78 is 3.40. The molecule has 0 unspecified atom stereocenters. The van der Waals surface area contributed by atoms with Gasteiger partial charge in [0.25, 0.3) is 0 Å². The minimum absolute atomic E-state index is 0.913. The van der Waals surface area contributed by atoms with Gasteiger partial charge in [-0.15, -0.1) is 11.3 Å². The van der Waals surface area contributed by atoms with Gasteiger partial charge in [0.2, 0.25) is 0 Å². The first-order valence-electron chi connectivity index (χ1n) is 8.81. The summed E-state index contributed by atoms with van der Waals surface area (Å²) in [6.07, 6.45) is 1.05. The normalized spacial score (nSPS) is 11.0. The van der Waals surface area contributed by atoms with Crippen LogP contribution in [-0.4, -0.2) is 18.4 Å². The standard InChI is InChI=1S/C22H24N2S3/c1-5-17-8-10-18(11-9-17)16(2)23-20-15-19(26-22-7-6-14-25-22)12-13-21(20)27-24(3)4/h6-15,23H,2,5H2,1,3-4H3. The van der Waals surface area contributed by atoms with Crippen molar-refractivity contribution >= 4 is 46.4 Å². The van der Waals surface area contributed by atoms with Gasteiger partial charge in [-0.1, -0.05) is 55.6 Å². The Morgan fingerprint density at radius 1 is 1.11 bits per heavy atom. The molecular weight excluding hydrogens is 388 g/mol. The monoisotopic (exact) mass is 412 g/mol. The van der Waals surface area contributed by atoms with E-state index in [1.54, 1.807) is 35.0 Å². The van der Waals surface area contributed by atoms with Crippen molar-refractivity contribution < 1.29 is 0 Å². The largest absolute Gasteiger partial charge is 0.355 e. The van der Waals surface area contributed by atoms with E-state index in [9.17, 15) is 0 Å². The number of nitrogens with zero attached hydrogens (tertiary/aromatic N) is 1. The van der Waals surface area contributed by atoms with Crippen molar-refractivity contribution in [2.24, 2.45) is 0 Å². The van der Waals surface area contributed by atoms with Crippen LogP contribution < -0.4 is 5.32 Å². The molecule has 2 nitrogen and oxygen atoms in total. The van der Waals surface area contributed by atoms with E-state index >= 15 is 0 Å². The third-order valence-electron chi connectivity index (χ3n) is 3.94. The first-order chi connectivity index (χ1) is 13.0. The zero-order valence-electron chi connectivity index (χ0n) is 15.9. The quantitative estimate of drug-likeness (QED) is 0.396. The van der Waals surface area contributed by atoms with Gasteiger partial charge in [-0.05, 0) is 73.2 Å². The lowest BCUT2D eigenvalue weighted by Crippen LogP contribution is -2.03. The van der Waals surface area contributed by atoms with Crippen molar-refractivity contribution in [1.29, 1.82) is 0 Å². The lowest BCUT2D eigenvalue weighted by atomic mass is 10.1.